The van der Waals surface area contributed by atoms with Crippen molar-refractivity contribution in [2.24, 2.45) is 14.1 Å². The summed E-state index contributed by atoms with van der Waals surface area (Å²) in [5.74, 6) is 0.116. The summed E-state index contributed by atoms with van der Waals surface area (Å²) in [4.78, 5) is 42.8. The first-order valence-electron chi connectivity index (χ1n) is 5.79. The summed E-state index contributed by atoms with van der Waals surface area (Å²) < 4.78 is 2.06. The fourth-order valence-corrected chi connectivity index (χ4v) is 1.76. The summed E-state index contributed by atoms with van der Waals surface area (Å²) >= 11 is 0. The number of hydrogen-bond donors (Lipinski definition) is 2. The van der Waals surface area contributed by atoms with Gasteiger partial charge in [-0.1, -0.05) is 0 Å². The molecule has 0 atom stereocenters. The highest BCUT2D eigenvalue weighted by molar-refractivity contribution is 5.84. The Bertz CT molecular complexity index is 792. The van der Waals surface area contributed by atoms with Crippen molar-refractivity contribution in [3.05, 3.63) is 26.5 Å². The molecule has 2 N–H and O–H groups in total. The van der Waals surface area contributed by atoms with Crippen molar-refractivity contribution in [1.82, 2.24) is 19.1 Å². The zero-order chi connectivity index (χ0) is 14.9. The normalized spacial score (nSPS) is 10.8. The van der Waals surface area contributed by atoms with Gasteiger partial charge >= 0.3 is 5.69 Å². The average molecular weight is 279 g/mol. The van der Waals surface area contributed by atoms with Gasteiger partial charge in [-0.3, -0.25) is 18.7 Å². The molecule has 0 saturated carbocycles. The smallest absolute Gasteiger partial charge is 0.332 e. The fourth-order valence-electron chi connectivity index (χ4n) is 1.76. The first-order valence-corrected chi connectivity index (χ1v) is 5.79. The molecule has 0 aliphatic heterocycles. The quantitative estimate of drug-likeness (QED) is 0.636. The number of rotatable bonds is 4. The third kappa shape index (κ3) is 2.07. The summed E-state index contributed by atoms with van der Waals surface area (Å²) in [5, 5.41) is 11.5. The van der Waals surface area contributed by atoms with E-state index < -0.39 is 11.2 Å². The van der Waals surface area contributed by atoms with E-state index in [1.165, 1.54) is 18.7 Å². The minimum absolute atomic E-state index is 0.0540. The van der Waals surface area contributed by atoms with Crippen LogP contribution in [0.25, 0.3) is 11.2 Å². The number of nitrogens with one attached hydrogen (secondary N) is 1. The molecule has 0 saturated heterocycles. The van der Waals surface area contributed by atoms with Crippen LogP contribution in [0.15, 0.2) is 9.59 Å². The number of carbonyl (C=O) groups is 1. The molecule has 2 heterocycles. The number of aromatic nitrogens is 4. The molecule has 106 valence electrons. The van der Waals surface area contributed by atoms with E-state index >= 15 is 0 Å². The number of fused-ring (bicyclic) bond motifs is 1. The van der Waals surface area contributed by atoms with E-state index in [-0.39, 0.29) is 35.8 Å². The van der Waals surface area contributed by atoms with Crippen LogP contribution >= 0.6 is 0 Å². The highest BCUT2D eigenvalue weighted by atomic mass is 16.3. The Labute approximate surface area is 112 Å². The summed E-state index contributed by atoms with van der Waals surface area (Å²) in [6, 6.07) is 0. The fraction of sp³-hybridized carbons (Fsp3) is 0.364. The van der Waals surface area contributed by atoms with Crippen molar-refractivity contribution >= 4 is 23.3 Å². The molecule has 0 aromatic carbocycles. The molecule has 0 spiro atoms. The van der Waals surface area contributed by atoms with Gasteiger partial charge in [0.05, 0.1) is 6.61 Å². The Hall–Kier alpha value is -2.55. The van der Waals surface area contributed by atoms with Gasteiger partial charge in [0.15, 0.2) is 23.3 Å². The van der Waals surface area contributed by atoms with E-state index in [9.17, 15) is 14.4 Å². The summed E-state index contributed by atoms with van der Waals surface area (Å²) in [6.45, 7) is 0.00726. The van der Waals surface area contributed by atoms with Gasteiger partial charge in [0.25, 0.3) is 5.56 Å². The molecule has 20 heavy (non-hydrogen) atoms. The van der Waals surface area contributed by atoms with Gasteiger partial charge in [0.2, 0.25) is 0 Å². The molecule has 0 aliphatic carbocycles. The van der Waals surface area contributed by atoms with Crippen molar-refractivity contribution in [2.75, 3.05) is 18.5 Å². The number of carbonyl (C=O) groups excluding carboxylic acids is 1. The second-order valence-corrected chi connectivity index (χ2v) is 4.10. The second-order valence-electron chi connectivity index (χ2n) is 4.10. The molecule has 0 bridgehead atoms. The molecule has 2 aromatic heterocycles. The topological polar surface area (TPSA) is 119 Å². The number of aliphatic hydroxyl groups is 1. The zero-order valence-electron chi connectivity index (χ0n) is 11.0. The lowest BCUT2D eigenvalue weighted by atomic mass is 10.4. The minimum atomic E-state index is -0.618. The van der Waals surface area contributed by atoms with Crippen LogP contribution in [0, 0.1) is 0 Å². The predicted octanol–water partition coefficient (Wildman–Crippen LogP) is -1.76. The van der Waals surface area contributed by atoms with Crippen molar-refractivity contribution in [2.45, 2.75) is 0 Å². The molecule has 0 radical (unpaired) electrons. The minimum Gasteiger partial charge on any atom is -0.395 e. The van der Waals surface area contributed by atoms with Gasteiger partial charge in [-0.25, -0.2) is 14.8 Å². The lowest BCUT2D eigenvalue weighted by molar-refractivity contribution is 0.111. The average Bonchev–Trinajstić information content (AvgIpc) is 2.47. The van der Waals surface area contributed by atoms with Gasteiger partial charge in [-0.05, 0) is 0 Å². The maximum absolute atomic E-state index is 12.0. The van der Waals surface area contributed by atoms with E-state index in [4.69, 9.17) is 5.11 Å². The van der Waals surface area contributed by atoms with Crippen LogP contribution in [-0.4, -0.2) is 43.6 Å². The van der Waals surface area contributed by atoms with Crippen LogP contribution < -0.4 is 16.6 Å². The molecule has 0 aliphatic rings. The predicted molar refractivity (Wildman–Crippen MR) is 71.0 cm³/mol. The lowest BCUT2D eigenvalue weighted by Crippen LogP contribution is -2.38. The molecule has 0 amide bonds. The Morgan fingerprint density at radius 1 is 1.25 bits per heavy atom. The van der Waals surface area contributed by atoms with Crippen molar-refractivity contribution in [3.63, 3.8) is 0 Å². The van der Waals surface area contributed by atoms with Crippen molar-refractivity contribution in [3.8, 4) is 0 Å². The third-order valence-electron chi connectivity index (χ3n) is 2.82. The van der Waals surface area contributed by atoms with E-state index in [1.807, 2.05) is 0 Å². The van der Waals surface area contributed by atoms with Gasteiger partial charge in [0.1, 0.15) is 5.69 Å². The summed E-state index contributed by atoms with van der Waals surface area (Å²) in [6.07, 6.45) is 0.455. The second kappa shape index (κ2) is 5.21. The van der Waals surface area contributed by atoms with Gasteiger partial charge in [0, 0.05) is 20.6 Å². The third-order valence-corrected chi connectivity index (χ3v) is 2.82. The van der Waals surface area contributed by atoms with Crippen LogP contribution in [-0.2, 0) is 14.1 Å². The maximum Gasteiger partial charge on any atom is 0.332 e. The zero-order valence-corrected chi connectivity index (χ0v) is 11.0. The highest BCUT2D eigenvalue weighted by Gasteiger charge is 2.15. The monoisotopic (exact) mass is 279 g/mol. The molecule has 0 fully saturated rings. The molecule has 2 aromatic rings. The first kappa shape index (κ1) is 13.9. The van der Waals surface area contributed by atoms with Crippen LogP contribution in [0.5, 0.6) is 0 Å². The first-order chi connectivity index (χ1) is 9.51. The molecule has 9 nitrogen and oxygen atoms in total. The maximum atomic E-state index is 12.0. The number of aldehydes is 1. The van der Waals surface area contributed by atoms with Gasteiger partial charge in [-0.15, -0.1) is 0 Å². The van der Waals surface area contributed by atoms with E-state index in [1.54, 1.807) is 0 Å². The lowest BCUT2D eigenvalue weighted by Gasteiger charge is -2.10. The number of anilines is 1. The molecular formula is C11H13N5O4. The van der Waals surface area contributed by atoms with Crippen LogP contribution in [0.2, 0.25) is 0 Å². The Morgan fingerprint density at radius 3 is 2.55 bits per heavy atom. The van der Waals surface area contributed by atoms with Crippen molar-refractivity contribution in [1.29, 1.82) is 0 Å². The van der Waals surface area contributed by atoms with Crippen LogP contribution in [0.4, 0.5) is 5.82 Å². The number of hydrogen-bond acceptors (Lipinski definition) is 7. The van der Waals surface area contributed by atoms with Crippen LogP contribution in [0.3, 0.4) is 0 Å². The Balaban J connectivity index is 2.84. The van der Waals surface area contributed by atoms with Crippen LogP contribution in [0.1, 0.15) is 10.5 Å². The summed E-state index contributed by atoms with van der Waals surface area (Å²) in [7, 11) is 2.78. The molecule has 9 heteroatoms. The Morgan fingerprint density at radius 2 is 1.95 bits per heavy atom. The number of aliphatic hydroxyl groups excluding tert-OH is 1. The van der Waals surface area contributed by atoms with E-state index in [0.717, 1.165) is 4.57 Å². The highest BCUT2D eigenvalue weighted by Crippen LogP contribution is 2.11. The molecule has 0 unspecified atom stereocenters. The molecular weight excluding hydrogens is 266 g/mol. The Kier molecular flexibility index (Phi) is 3.61. The summed E-state index contributed by atoms with van der Waals surface area (Å²) in [5.41, 5.74) is -1.20. The largest absolute Gasteiger partial charge is 0.395 e. The van der Waals surface area contributed by atoms with Gasteiger partial charge in [-0.2, -0.15) is 0 Å². The van der Waals surface area contributed by atoms with E-state index in [0.29, 0.717) is 6.29 Å². The number of aryl methyl sites for hydroxylation is 1. The standard InChI is InChI=1S/C11H13N5O4/c1-15-9-7(10(19)16(2)11(15)20)13-6(5-18)8(14-9)12-3-4-17/h5,17H,3-4H2,1-2H3,(H,12,14). The van der Waals surface area contributed by atoms with E-state index in [2.05, 4.69) is 15.3 Å². The van der Waals surface area contributed by atoms with Gasteiger partial charge < -0.3 is 10.4 Å². The molecule has 2 rings (SSSR count). The van der Waals surface area contributed by atoms with Crippen molar-refractivity contribution < 1.29 is 9.90 Å². The SMILES string of the molecule is Cn1c(=O)c2nc(C=O)c(NCCO)nc2n(C)c1=O. The number of nitrogens with zero attached hydrogens (tertiary/aromatic N) is 4.